The molecule has 0 unspecified atom stereocenters. The van der Waals surface area contributed by atoms with E-state index in [4.69, 9.17) is 17.3 Å². The lowest BCUT2D eigenvalue weighted by Crippen LogP contribution is -2.07. The maximum Gasteiger partial charge on any atom is 0.133 e. The minimum atomic E-state index is 0.301. The van der Waals surface area contributed by atoms with Crippen molar-refractivity contribution in [2.45, 2.75) is 26.2 Å². The number of aromatic nitrogens is 2. The fraction of sp³-hybridized carbons (Fsp3) is 0.556. The summed E-state index contributed by atoms with van der Waals surface area (Å²) >= 11 is 5.84. The highest BCUT2D eigenvalue weighted by molar-refractivity contribution is 6.29. The summed E-state index contributed by atoms with van der Waals surface area (Å²) in [6, 6.07) is 1.76. The summed E-state index contributed by atoms with van der Waals surface area (Å²) in [5.74, 6) is 1.09. The summed E-state index contributed by atoms with van der Waals surface area (Å²) < 4.78 is 0. The van der Waals surface area contributed by atoms with Crippen molar-refractivity contribution >= 4 is 11.6 Å². The molecule has 0 fully saturated rings. The normalized spacial score (nSPS) is 10.8. The van der Waals surface area contributed by atoms with Gasteiger partial charge in [-0.15, -0.1) is 0 Å². The van der Waals surface area contributed by atoms with Gasteiger partial charge >= 0.3 is 0 Å². The van der Waals surface area contributed by atoms with Crippen LogP contribution in [0.2, 0.25) is 5.15 Å². The van der Waals surface area contributed by atoms with Gasteiger partial charge < -0.3 is 5.73 Å². The molecule has 0 aliphatic heterocycles. The van der Waals surface area contributed by atoms with Crippen LogP contribution in [0.1, 0.15) is 31.3 Å². The zero-order chi connectivity index (χ0) is 9.84. The number of halogens is 1. The molecule has 0 atom stereocenters. The average Bonchev–Trinajstić information content (AvgIpc) is 2.03. The molecule has 1 aromatic heterocycles. The number of rotatable bonds is 3. The Hall–Kier alpha value is -0.670. The van der Waals surface area contributed by atoms with Crippen LogP contribution in [0.4, 0.5) is 0 Å². The molecule has 2 N–H and O–H groups in total. The van der Waals surface area contributed by atoms with Crippen molar-refractivity contribution in [1.29, 1.82) is 0 Å². The van der Waals surface area contributed by atoms with E-state index in [-0.39, 0.29) is 0 Å². The Morgan fingerprint density at radius 2 is 2.15 bits per heavy atom. The molecule has 3 nitrogen and oxygen atoms in total. The third kappa shape index (κ3) is 2.94. The van der Waals surface area contributed by atoms with Crippen LogP contribution in [-0.4, -0.2) is 16.5 Å². The monoisotopic (exact) mass is 199 g/mol. The molecule has 1 heterocycles. The van der Waals surface area contributed by atoms with E-state index < -0.39 is 0 Å². The van der Waals surface area contributed by atoms with Crippen LogP contribution in [0.3, 0.4) is 0 Å². The van der Waals surface area contributed by atoms with Gasteiger partial charge in [0.25, 0.3) is 0 Å². The first kappa shape index (κ1) is 10.4. The number of hydrogen-bond donors (Lipinski definition) is 1. The van der Waals surface area contributed by atoms with E-state index in [1.54, 1.807) is 6.07 Å². The second kappa shape index (κ2) is 4.53. The summed E-state index contributed by atoms with van der Waals surface area (Å²) in [6.45, 7) is 4.67. The predicted octanol–water partition coefficient (Wildman–Crippen LogP) is 1.75. The topological polar surface area (TPSA) is 51.8 Å². The van der Waals surface area contributed by atoms with E-state index in [0.717, 1.165) is 17.9 Å². The molecular weight excluding hydrogens is 186 g/mol. The largest absolute Gasteiger partial charge is 0.330 e. The third-order valence-electron chi connectivity index (χ3n) is 1.68. The molecule has 0 amide bonds. The van der Waals surface area contributed by atoms with E-state index >= 15 is 0 Å². The van der Waals surface area contributed by atoms with Crippen molar-refractivity contribution in [3.8, 4) is 0 Å². The SMILES string of the molecule is CC(C)c1nc(Cl)cc(CCN)n1. The van der Waals surface area contributed by atoms with Gasteiger partial charge in [-0.1, -0.05) is 25.4 Å². The third-order valence-corrected chi connectivity index (χ3v) is 1.88. The molecule has 1 aromatic rings. The molecule has 0 aromatic carbocycles. The number of hydrogen-bond acceptors (Lipinski definition) is 3. The van der Waals surface area contributed by atoms with E-state index in [9.17, 15) is 0 Å². The lowest BCUT2D eigenvalue weighted by Gasteiger charge is -2.06. The fourth-order valence-electron chi connectivity index (χ4n) is 1.02. The molecule has 4 heteroatoms. The van der Waals surface area contributed by atoms with Gasteiger partial charge in [-0.25, -0.2) is 9.97 Å². The van der Waals surface area contributed by atoms with Crippen LogP contribution >= 0.6 is 11.6 Å². The fourth-order valence-corrected chi connectivity index (χ4v) is 1.23. The van der Waals surface area contributed by atoms with E-state index in [2.05, 4.69) is 9.97 Å². The first-order valence-electron chi connectivity index (χ1n) is 4.37. The van der Waals surface area contributed by atoms with Gasteiger partial charge in [-0.2, -0.15) is 0 Å². The zero-order valence-electron chi connectivity index (χ0n) is 7.92. The van der Waals surface area contributed by atoms with Gasteiger partial charge in [0.1, 0.15) is 11.0 Å². The second-order valence-corrected chi connectivity index (χ2v) is 3.62. The molecule has 0 saturated carbocycles. The Bertz CT molecular complexity index is 286. The lowest BCUT2D eigenvalue weighted by molar-refractivity contribution is 0.753. The van der Waals surface area contributed by atoms with Gasteiger partial charge in [0.2, 0.25) is 0 Å². The molecule has 0 aliphatic carbocycles. The summed E-state index contributed by atoms with van der Waals surface area (Å²) in [5.41, 5.74) is 6.36. The smallest absolute Gasteiger partial charge is 0.133 e. The Labute approximate surface area is 83.3 Å². The van der Waals surface area contributed by atoms with Crippen LogP contribution in [0, 0.1) is 0 Å². The Morgan fingerprint density at radius 1 is 1.46 bits per heavy atom. The van der Waals surface area contributed by atoms with Crippen molar-refractivity contribution in [2.75, 3.05) is 6.54 Å². The second-order valence-electron chi connectivity index (χ2n) is 3.23. The summed E-state index contributed by atoms with van der Waals surface area (Å²) in [4.78, 5) is 8.48. The molecular formula is C9H14ClN3. The van der Waals surface area contributed by atoms with E-state index in [1.807, 2.05) is 13.8 Å². The average molecular weight is 200 g/mol. The van der Waals surface area contributed by atoms with Crippen LogP contribution in [0.15, 0.2) is 6.07 Å². The molecule has 0 aliphatic rings. The van der Waals surface area contributed by atoms with Gasteiger partial charge in [0.05, 0.1) is 0 Å². The highest BCUT2D eigenvalue weighted by Crippen LogP contribution is 2.13. The molecule has 0 spiro atoms. The molecule has 72 valence electrons. The lowest BCUT2D eigenvalue weighted by atomic mass is 10.2. The Kier molecular flexibility index (Phi) is 3.63. The summed E-state index contributed by atoms with van der Waals surface area (Å²) in [7, 11) is 0. The van der Waals surface area contributed by atoms with Crippen LogP contribution in [0.25, 0.3) is 0 Å². The standard InChI is InChI=1S/C9H14ClN3/c1-6(2)9-12-7(3-4-11)5-8(10)13-9/h5-6H,3-4,11H2,1-2H3. The first-order valence-corrected chi connectivity index (χ1v) is 4.74. The van der Waals surface area contributed by atoms with Crippen LogP contribution < -0.4 is 5.73 Å². The molecule has 0 radical (unpaired) electrons. The highest BCUT2D eigenvalue weighted by atomic mass is 35.5. The van der Waals surface area contributed by atoms with Crippen molar-refractivity contribution < 1.29 is 0 Å². The van der Waals surface area contributed by atoms with E-state index in [0.29, 0.717) is 17.6 Å². The predicted molar refractivity (Wildman–Crippen MR) is 53.9 cm³/mol. The Balaban J connectivity index is 2.96. The van der Waals surface area contributed by atoms with Gasteiger partial charge in [0.15, 0.2) is 0 Å². The van der Waals surface area contributed by atoms with Gasteiger partial charge in [0, 0.05) is 18.0 Å². The summed E-state index contributed by atoms with van der Waals surface area (Å²) in [6.07, 6.45) is 0.752. The molecule has 1 rings (SSSR count). The van der Waals surface area contributed by atoms with E-state index in [1.165, 1.54) is 0 Å². The van der Waals surface area contributed by atoms with Crippen molar-refractivity contribution in [2.24, 2.45) is 5.73 Å². The van der Waals surface area contributed by atoms with Gasteiger partial charge in [-0.05, 0) is 12.6 Å². The van der Waals surface area contributed by atoms with Crippen LogP contribution in [0.5, 0.6) is 0 Å². The number of nitrogens with zero attached hydrogens (tertiary/aromatic N) is 2. The van der Waals surface area contributed by atoms with Crippen molar-refractivity contribution in [3.63, 3.8) is 0 Å². The number of nitrogens with two attached hydrogens (primary N) is 1. The highest BCUT2D eigenvalue weighted by Gasteiger charge is 2.05. The molecule has 0 saturated heterocycles. The van der Waals surface area contributed by atoms with Gasteiger partial charge in [-0.3, -0.25) is 0 Å². The minimum absolute atomic E-state index is 0.301. The zero-order valence-corrected chi connectivity index (χ0v) is 8.67. The Morgan fingerprint density at radius 3 is 2.69 bits per heavy atom. The summed E-state index contributed by atoms with van der Waals surface area (Å²) in [5, 5.41) is 0.502. The maximum absolute atomic E-state index is 5.84. The van der Waals surface area contributed by atoms with Crippen molar-refractivity contribution in [1.82, 2.24) is 9.97 Å². The first-order chi connectivity index (χ1) is 6.13. The molecule has 13 heavy (non-hydrogen) atoms. The van der Waals surface area contributed by atoms with Crippen LogP contribution in [-0.2, 0) is 6.42 Å². The van der Waals surface area contributed by atoms with Crippen molar-refractivity contribution in [3.05, 3.63) is 22.7 Å². The minimum Gasteiger partial charge on any atom is -0.330 e. The maximum atomic E-state index is 5.84. The molecule has 0 bridgehead atoms. The quantitative estimate of drug-likeness (QED) is 0.755.